The highest BCUT2D eigenvalue weighted by Gasteiger charge is 2.27. The number of aliphatic hydroxyl groups excluding tert-OH is 1. The zero-order valence-corrected chi connectivity index (χ0v) is 12.7. The van der Waals surface area contributed by atoms with Crippen molar-refractivity contribution in [2.45, 2.75) is 63.3 Å². The van der Waals surface area contributed by atoms with Gasteiger partial charge in [-0.2, -0.15) is 0 Å². The first-order chi connectivity index (χ1) is 10.3. The third-order valence-electron chi connectivity index (χ3n) is 4.88. The lowest BCUT2D eigenvalue weighted by atomic mass is 9.83. The SMILES string of the molecule is OC(C[C@H]1C=CC[C@@H](c2ccccc2)O1)C1CCCCC1. The highest BCUT2D eigenvalue weighted by Crippen LogP contribution is 2.32. The Morgan fingerprint density at radius 2 is 1.86 bits per heavy atom. The lowest BCUT2D eigenvalue weighted by Crippen LogP contribution is -2.29. The predicted molar refractivity (Wildman–Crippen MR) is 85.0 cm³/mol. The van der Waals surface area contributed by atoms with Crippen LogP contribution < -0.4 is 0 Å². The van der Waals surface area contributed by atoms with Crippen LogP contribution in [0.25, 0.3) is 0 Å². The van der Waals surface area contributed by atoms with Crippen LogP contribution in [0.15, 0.2) is 42.5 Å². The van der Waals surface area contributed by atoms with Gasteiger partial charge < -0.3 is 9.84 Å². The minimum Gasteiger partial charge on any atom is -0.393 e. The number of benzene rings is 1. The molecule has 1 N–H and O–H groups in total. The van der Waals surface area contributed by atoms with Crippen LogP contribution in [0, 0.1) is 5.92 Å². The largest absolute Gasteiger partial charge is 0.393 e. The zero-order chi connectivity index (χ0) is 14.5. The lowest BCUT2D eigenvalue weighted by molar-refractivity contribution is -0.0333. The minimum absolute atomic E-state index is 0.0564. The molecule has 2 heteroatoms. The van der Waals surface area contributed by atoms with Gasteiger partial charge in [0, 0.05) is 6.42 Å². The summed E-state index contributed by atoms with van der Waals surface area (Å²) >= 11 is 0. The Labute approximate surface area is 127 Å². The first-order valence-electron chi connectivity index (χ1n) is 8.38. The van der Waals surface area contributed by atoms with Crippen LogP contribution in [0.3, 0.4) is 0 Å². The van der Waals surface area contributed by atoms with E-state index in [1.165, 1.54) is 37.7 Å². The number of hydrogen-bond donors (Lipinski definition) is 1. The molecule has 1 fully saturated rings. The molecule has 0 bridgehead atoms. The molecule has 3 atom stereocenters. The summed E-state index contributed by atoms with van der Waals surface area (Å²) in [5, 5.41) is 10.5. The van der Waals surface area contributed by atoms with Gasteiger partial charge >= 0.3 is 0 Å². The molecule has 0 aromatic heterocycles. The molecule has 2 nitrogen and oxygen atoms in total. The molecule has 0 spiro atoms. The smallest absolute Gasteiger partial charge is 0.0867 e. The highest BCUT2D eigenvalue weighted by molar-refractivity contribution is 5.19. The van der Waals surface area contributed by atoms with Gasteiger partial charge in [-0.3, -0.25) is 0 Å². The maximum Gasteiger partial charge on any atom is 0.0867 e. The fourth-order valence-electron chi connectivity index (χ4n) is 3.63. The molecular weight excluding hydrogens is 260 g/mol. The van der Waals surface area contributed by atoms with E-state index in [-0.39, 0.29) is 18.3 Å². The molecule has 114 valence electrons. The van der Waals surface area contributed by atoms with Crippen molar-refractivity contribution < 1.29 is 9.84 Å². The predicted octanol–water partition coefficient (Wildman–Crippen LogP) is 4.40. The van der Waals surface area contributed by atoms with Gasteiger partial charge in [-0.15, -0.1) is 0 Å². The van der Waals surface area contributed by atoms with Crippen LogP contribution in [-0.4, -0.2) is 17.3 Å². The normalized spacial score (nSPS) is 28.4. The highest BCUT2D eigenvalue weighted by atomic mass is 16.5. The third kappa shape index (κ3) is 3.96. The van der Waals surface area contributed by atoms with Gasteiger partial charge in [-0.25, -0.2) is 0 Å². The summed E-state index contributed by atoms with van der Waals surface area (Å²) in [6.07, 6.45) is 12.2. The fraction of sp³-hybridized carbons (Fsp3) is 0.579. The van der Waals surface area contributed by atoms with E-state index in [1.807, 2.05) is 6.07 Å². The maximum atomic E-state index is 10.5. The van der Waals surface area contributed by atoms with Gasteiger partial charge in [-0.1, -0.05) is 61.7 Å². The van der Waals surface area contributed by atoms with Crippen LogP contribution >= 0.6 is 0 Å². The molecule has 2 aliphatic rings. The second-order valence-corrected chi connectivity index (χ2v) is 6.44. The minimum atomic E-state index is -0.213. The Morgan fingerprint density at radius 1 is 1.10 bits per heavy atom. The first-order valence-corrected chi connectivity index (χ1v) is 8.38. The summed E-state index contributed by atoms with van der Waals surface area (Å²) in [4.78, 5) is 0. The summed E-state index contributed by atoms with van der Waals surface area (Å²) in [6.45, 7) is 0. The summed E-state index contributed by atoms with van der Waals surface area (Å²) in [6, 6.07) is 10.4. The Morgan fingerprint density at radius 3 is 2.62 bits per heavy atom. The molecule has 21 heavy (non-hydrogen) atoms. The van der Waals surface area contributed by atoms with Crippen LogP contribution in [0.4, 0.5) is 0 Å². The fourth-order valence-corrected chi connectivity index (χ4v) is 3.63. The molecule has 1 aromatic rings. The molecule has 1 aliphatic heterocycles. The molecule has 1 heterocycles. The van der Waals surface area contributed by atoms with Crippen molar-refractivity contribution in [1.82, 2.24) is 0 Å². The first kappa shape index (κ1) is 14.8. The van der Waals surface area contributed by atoms with E-state index in [2.05, 4.69) is 36.4 Å². The number of ether oxygens (including phenoxy) is 1. The molecule has 0 saturated heterocycles. The van der Waals surface area contributed by atoms with Crippen molar-refractivity contribution in [3.8, 4) is 0 Å². The van der Waals surface area contributed by atoms with Crippen LogP contribution in [0.1, 0.15) is 56.6 Å². The molecule has 1 unspecified atom stereocenters. The Kier molecular flexibility index (Phi) is 5.10. The molecule has 1 aromatic carbocycles. The average molecular weight is 286 g/mol. The molecule has 1 saturated carbocycles. The van der Waals surface area contributed by atoms with Crippen molar-refractivity contribution in [2.24, 2.45) is 5.92 Å². The summed E-state index contributed by atoms with van der Waals surface area (Å²) in [5.41, 5.74) is 1.24. The van der Waals surface area contributed by atoms with Gasteiger partial charge in [-0.05, 0) is 30.7 Å². The Bertz CT molecular complexity index is 448. The summed E-state index contributed by atoms with van der Waals surface area (Å²) < 4.78 is 6.19. The van der Waals surface area contributed by atoms with Gasteiger partial charge in [0.05, 0.1) is 18.3 Å². The van der Waals surface area contributed by atoms with E-state index in [9.17, 15) is 5.11 Å². The topological polar surface area (TPSA) is 29.5 Å². The lowest BCUT2D eigenvalue weighted by Gasteiger charge is -2.31. The standard InChI is InChI=1S/C19H26O2/c20-18(15-8-3-1-4-9-15)14-17-12-7-13-19(21-17)16-10-5-2-6-11-16/h2,5-7,10-12,15,17-20H,1,3-4,8-9,13-14H2/t17-,18?,19+/m1/s1. The zero-order valence-electron chi connectivity index (χ0n) is 12.7. The van der Waals surface area contributed by atoms with Crippen LogP contribution in [-0.2, 0) is 4.74 Å². The summed E-state index contributed by atoms with van der Waals surface area (Å²) in [5.74, 6) is 0.479. The summed E-state index contributed by atoms with van der Waals surface area (Å²) in [7, 11) is 0. The van der Waals surface area contributed by atoms with Gasteiger partial charge in [0.1, 0.15) is 0 Å². The van der Waals surface area contributed by atoms with Gasteiger partial charge in [0.2, 0.25) is 0 Å². The number of aliphatic hydroxyl groups is 1. The Hall–Kier alpha value is -1.12. The van der Waals surface area contributed by atoms with Crippen molar-refractivity contribution in [2.75, 3.05) is 0 Å². The van der Waals surface area contributed by atoms with E-state index >= 15 is 0 Å². The molecular formula is C19H26O2. The van der Waals surface area contributed by atoms with Gasteiger partial charge in [0.15, 0.2) is 0 Å². The number of hydrogen-bond acceptors (Lipinski definition) is 2. The van der Waals surface area contributed by atoms with E-state index < -0.39 is 0 Å². The van der Waals surface area contributed by atoms with Gasteiger partial charge in [0.25, 0.3) is 0 Å². The van der Waals surface area contributed by atoms with Crippen molar-refractivity contribution in [1.29, 1.82) is 0 Å². The van der Waals surface area contributed by atoms with E-state index in [0.717, 1.165) is 12.8 Å². The van der Waals surface area contributed by atoms with Crippen molar-refractivity contribution >= 4 is 0 Å². The Balaban J connectivity index is 1.56. The number of rotatable bonds is 4. The molecule has 0 amide bonds. The monoisotopic (exact) mass is 286 g/mol. The quantitative estimate of drug-likeness (QED) is 0.831. The van der Waals surface area contributed by atoms with Crippen LogP contribution in [0.5, 0.6) is 0 Å². The maximum absolute atomic E-state index is 10.5. The van der Waals surface area contributed by atoms with Crippen molar-refractivity contribution in [3.05, 3.63) is 48.0 Å². The second kappa shape index (κ2) is 7.24. The molecule has 3 rings (SSSR count). The van der Waals surface area contributed by atoms with Crippen LogP contribution in [0.2, 0.25) is 0 Å². The molecule has 1 aliphatic carbocycles. The van der Waals surface area contributed by atoms with E-state index in [4.69, 9.17) is 4.74 Å². The van der Waals surface area contributed by atoms with E-state index in [0.29, 0.717) is 5.92 Å². The molecule has 0 radical (unpaired) electrons. The average Bonchev–Trinajstić information content (AvgIpc) is 2.57. The second-order valence-electron chi connectivity index (χ2n) is 6.44. The van der Waals surface area contributed by atoms with Crippen molar-refractivity contribution in [3.63, 3.8) is 0 Å². The third-order valence-corrected chi connectivity index (χ3v) is 4.88. The van der Waals surface area contributed by atoms with E-state index in [1.54, 1.807) is 0 Å².